The zero-order chi connectivity index (χ0) is 23.3. The number of aromatic nitrogens is 4. The first-order chi connectivity index (χ1) is 15.4. The van der Waals surface area contributed by atoms with Crippen molar-refractivity contribution in [2.75, 3.05) is 0 Å². The van der Waals surface area contributed by atoms with Crippen LogP contribution >= 0.6 is 11.6 Å². The van der Waals surface area contributed by atoms with Crippen LogP contribution in [0.15, 0.2) is 33.9 Å². The monoisotopic (exact) mass is 461 g/mol. The maximum absolute atomic E-state index is 13.3. The van der Waals surface area contributed by atoms with Crippen LogP contribution < -0.4 is 16.6 Å². The first kappa shape index (κ1) is 23.7. The Balaban J connectivity index is 2.00. The molecular weight excluding hydrogens is 434 g/mol. The molecule has 9 nitrogen and oxygen atoms in total. The molecule has 2 N–H and O–H groups in total. The second-order valence-corrected chi connectivity index (χ2v) is 8.03. The van der Waals surface area contributed by atoms with Gasteiger partial charge in [0.05, 0.1) is 0 Å². The highest BCUT2D eigenvalue weighted by Crippen LogP contribution is 2.14. The van der Waals surface area contributed by atoms with Gasteiger partial charge in [0.2, 0.25) is 5.91 Å². The number of nitrogens with one attached hydrogen (secondary N) is 1. The number of carbonyl (C=O) groups is 1. The Bertz CT molecular complexity index is 1210. The van der Waals surface area contributed by atoms with Gasteiger partial charge in [-0.05, 0) is 30.5 Å². The van der Waals surface area contributed by atoms with Crippen LogP contribution in [-0.2, 0) is 37.6 Å². The molecule has 0 spiro atoms. The smallest absolute Gasteiger partial charge is 0.333 e. The first-order valence-corrected chi connectivity index (χ1v) is 11.1. The van der Waals surface area contributed by atoms with Gasteiger partial charge in [0, 0.05) is 24.7 Å². The molecule has 0 saturated carbocycles. The zero-order valence-electron chi connectivity index (χ0n) is 18.3. The topological polar surface area (TPSA) is 111 Å². The van der Waals surface area contributed by atoms with Gasteiger partial charge < -0.3 is 15.0 Å². The van der Waals surface area contributed by atoms with E-state index in [2.05, 4.69) is 10.3 Å². The third kappa shape index (κ3) is 4.94. The molecule has 2 aromatic heterocycles. The highest BCUT2D eigenvalue weighted by Gasteiger charge is 2.22. The Morgan fingerprint density at radius 2 is 1.78 bits per heavy atom. The highest BCUT2D eigenvalue weighted by molar-refractivity contribution is 6.30. The van der Waals surface area contributed by atoms with E-state index in [1.807, 2.05) is 13.8 Å². The summed E-state index contributed by atoms with van der Waals surface area (Å²) in [5.41, 5.74) is 0.170. The van der Waals surface area contributed by atoms with Gasteiger partial charge in [-0.25, -0.2) is 14.3 Å². The number of aliphatic hydroxyl groups excluding tert-OH is 1. The average Bonchev–Trinajstić information content (AvgIpc) is 3.15. The third-order valence-electron chi connectivity index (χ3n) is 5.22. The minimum atomic E-state index is -0.583. The van der Waals surface area contributed by atoms with Crippen molar-refractivity contribution in [1.82, 2.24) is 24.0 Å². The van der Waals surface area contributed by atoms with Gasteiger partial charge in [0.15, 0.2) is 11.2 Å². The van der Waals surface area contributed by atoms with Gasteiger partial charge in [-0.3, -0.25) is 14.2 Å². The number of hydrogen-bond acceptors (Lipinski definition) is 5. The van der Waals surface area contributed by atoms with Crippen LogP contribution in [0.25, 0.3) is 11.2 Å². The Labute approximate surface area is 190 Å². The van der Waals surface area contributed by atoms with Crippen molar-refractivity contribution in [3.63, 3.8) is 0 Å². The van der Waals surface area contributed by atoms with Crippen molar-refractivity contribution >= 4 is 28.7 Å². The summed E-state index contributed by atoms with van der Waals surface area (Å²) in [5, 5.41) is 13.1. The van der Waals surface area contributed by atoms with Crippen molar-refractivity contribution in [2.45, 2.75) is 65.9 Å². The molecule has 0 saturated heterocycles. The number of carbonyl (C=O) groups excluding carboxylic acids is 1. The van der Waals surface area contributed by atoms with E-state index < -0.39 is 23.7 Å². The van der Waals surface area contributed by atoms with Crippen LogP contribution in [0, 0.1) is 0 Å². The van der Waals surface area contributed by atoms with Crippen LogP contribution in [0.5, 0.6) is 0 Å². The van der Waals surface area contributed by atoms with Crippen LogP contribution in [0.2, 0.25) is 5.02 Å². The second-order valence-electron chi connectivity index (χ2n) is 7.59. The van der Waals surface area contributed by atoms with E-state index in [-0.39, 0.29) is 24.3 Å². The number of amides is 1. The van der Waals surface area contributed by atoms with Crippen LogP contribution in [0.4, 0.5) is 0 Å². The summed E-state index contributed by atoms with van der Waals surface area (Å²) in [6, 6.07) is 7.03. The maximum Gasteiger partial charge on any atom is 0.333 e. The SMILES string of the molecule is CCCCn1c(=O)n(CC(=O)NCc2ccc(Cl)cc2)c(=O)c2c1nc(CO)n2CCC. The molecule has 0 bridgehead atoms. The molecule has 1 amide bonds. The molecule has 0 atom stereocenters. The molecular formula is C22H28ClN5O4. The molecule has 0 aliphatic rings. The molecule has 1 aromatic carbocycles. The molecule has 0 fully saturated rings. The van der Waals surface area contributed by atoms with Crippen LogP contribution in [0.3, 0.4) is 0 Å². The maximum atomic E-state index is 13.3. The lowest BCUT2D eigenvalue weighted by Crippen LogP contribution is -2.44. The fourth-order valence-electron chi connectivity index (χ4n) is 3.58. The predicted octanol–water partition coefficient (Wildman–Crippen LogP) is 2.03. The number of rotatable bonds is 10. The Hall–Kier alpha value is -2.91. The van der Waals surface area contributed by atoms with Crippen LogP contribution in [0.1, 0.15) is 44.5 Å². The van der Waals surface area contributed by atoms with Gasteiger partial charge in [0.1, 0.15) is 19.0 Å². The molecule has 0 aliphatic carbocycles. The van der Waals surface area contributed by atoms with Gasteiger partial charge in [0.25, 0.3) is 5.56 Å². The zero-order valence-corrected chi connectivity index (χ0v) is 19.1. The van der Waals surface area contributed by atoms with Gasteiger partial charge in [-0.15, -0.1) is 0 Å². The number of unbranched alkanes of at least 4 members (excludes halogenated alkanes) is 1. The van der Waals surface area contributed by atoms with E-state index in [0.29, 0.717) is 36.8 Å². The minimum absolute atomic E-state index is 0.233. The highest BCUT2D eigenvalue weighted by atomic mass is 35.5. The fraction of sp³-hybridized carbons (Fsp3) is 0.455. The summed E-state index contributed by atoms with van der Waals surface area (Å²) in [6.07, 6.45) is 2.27. The quantitative estimate of drug-likeness (QED) is 0.480. The summed E-state index contributed by atoms with van der Waals surface area (Å²) in [7, 11) is 0. The molecule has 0 aliphatic heterocycles. The molecule has 3 aromatic rings. The van der Waals surface area contributed by atoms with Gasteiger partial charge in [-0.1, -0.05) is 44.0 Å². The number of benzene rings is 1. The Morgan fingerprint density at radius 1 is 1.06 bits per heavy atom. The number of aliphatic hydroxyl groups is 1. The number of hydrogen-bond donors (Lipinski definition) is 2. The number of imidazole rings is 1. The largest absolute Gasteiger partial charge is 0.388 e. The molecule has 3 rings (SSSR count). The summed E-state index contributed by atoms with van der Waals surface area (Å²) in [4.78, 5) is 43.4. The van der Waals surface area contributed by atoms with E-state index in [1.54, 1.807) is 28.8 Å². The number of fused-ring (bicyclic) bond motifs is 1. The normalized spacial score (nSPS) is 11.2. The summed E-state index contributed by atoms with van der Waals surface area (Å²) in [5.74, 6) is -0.127. The summed E-state index contributed by atoms with van der Waals surface area (Å²) in [6.45, 7) is 4.28. The predicted molar refractivity (Wildman–Crippen MR) is 123 cm³/mol. The third-order valence-corrected chi connectivity index (χ3v) is 5.47. The Kier molecular flexibility index (Phi) is 7.87. The van der Waals surface area contributed by atoms with E-state index >= 15 is 0 Å². The standard InChI is InChI=1S/C22H28ClN5O4/c1-3-5-11-27-20-19(26(10-4-2)17(14-29)25-20)21(31)28(22(27)32)13-18(30)24-12-15-6-8-16(23)9-7-15/h6-9,29H,3-5,10-14H2,1-2H3,(H,24,30). The summed E-state index contributed by atoms with van der Waals surface area (Å²) >= 11 is 5.88. The van der Waals surface area contributed by atoms with E-state index in [4.69, 9.17) is 11.6 Å². The average molecular weight is 462 g/mol. The molecule has 0 unspecified atom stereocenters. The number of nitrogens with zero attached hydrogens (tertiary/aromatic N) is 4. The lowest BCUT2D eigenvalue weighted by atomic mass is 10.2. The van der Waals surface area contributed by atoms with E-state index in [0.717, 1.165) is 16.6 Å². The second kappa shape index (κ2) is 10.6. The van der Waals surface area contributed by atoms with Crippen LogP contribution in [-0.4, -0.2) is 29.7 Å². The molecule has 172 valence electrons. The lowest BCUT2D eigenvalue weighted by Gasteiger charge is -2.13. The van der Waals surface area contributed by atoms with Gasteiger partial charge in [-0.2, -0.15) is 0 Å². The van der Waals surface area contributed by atoms with E-state index in [9.17, 15) is 19.5 Å². The molecule has 10 heteroatoms. The molecule has 2 heterocycles. The lowest BCUT2D eigenvalue weighted by molar-refractivity contribution is -0.121. The van der Waals surface area contributed by atoms with Crippen molar-refractivity contribution in [3.8, 4) is 0 Å². The van der Waals surface area contributed by atoms with Crippen molar-refractivity contribution in [2.24, 2.45) is 0 Å². The molecule has 32 heavy (non-hydrogen) atoms. The first-order valence-electron chi connectivity index (χ1n) is 10.8. The van der Waals surface area contributed by atoms with E-state index in [1.165, 1.54) is 4.57 Å². The Morgan fingerprint density at radius 3 is 2.41 bits per heavy atom. The van der Waals surface area contributed by atoms with Crippen molar-refractivity contribution in [3.05, 3.63) is 61.5 Å². The number of aryl methyl sites for hydroxylation is 2. The number of halogens is 1. The minimum Gasteiger partial charge on any atom is -0.388 e. The van der Waals surface area contributed by atoms with Crippen molar-refractivity contribution < 1.29 is 9.90 Å². The molecule has 0 radical (unpaired) electrons. The summed E-state index contributed by atoms with van der Waals surface area (Å²) < 4.78 is 4.02. The van der Waals surface area contributed by atoms with Gasteiger partial charge >= 0.3 is 5.69 Å². The van der Waals surface area contributed by atoms with Crippen molar-refractivity contribution in [1.29, 1.82) is 0 Å². The fourth-order valence-corrected chi connectivity index (χ4v) is 3.71.